The minimum Gasteiger partial charge on any atom is -0.368 e. The van der Waals surface area contributed by atoms with Crippen LogP contribution in [-0.4, -0.2) is 73.5 Å². The van der Waals surface area contributed by atoms with Gasteiger partial charge in [-0.3, -0.25) is 14.1 Å². The summed E-state index contributed by atoms with van der Waals surface area (Å²) in [6.07, 6.45) is 5.96. The van der Waals surface area contributed by atoms with Gasteiger partial charge in [0.05, 0.1) is 21.7 Å². The molecule has 2 aromatic heterocycles. The van der Waals surface area contributed by atoms with Gasteiger partial charge in [-0.25, -0.2) is 0 Å². The summed E-state index contributed by atoms with van der Waals surface area (Å²) in [5.74, 6) is 0.833. The maximum Gasteiger partial charge on any atom is 0.294 e. The van der Waals surface area contributed by atoms with Gasteiger partial charge in [0.15, 0.2) is 0 Å². The number of anilines is 1. The predicted octanol–water partition coefficient (Wildman–Crippen LogP) is 5.46. The lowest BCUT2D eigenvalue weighted by Crippen LogP contribution is -2.52. The molecule has 5 aromatic rings. The average Bonchev–Trinajstić information content (AvgIpc) is 3.61. The molecule has 3 N–H and O–H groups in total. The highest BCUT2D eigenvalue weighted by Crippen LogP contribution is 2.35. The maximum absolute atomic E-state index is 10.5. The van der Waals surface area contributed by atoms with Gasteiger partial charge in [0, 0.05) is 55.1 Å². The van der Waals surface area contributed by atoms with Crippen molar-refractivity contribution >= 4 is 36.8 Å². The smallest absolute Gasteiger partial charge is 0.294 e. The van der Waals surface area contributed by atoms with E-state index in [0.29, 0.717) is 0 Å². The van der Waals surface area contributed by atoms with Crippen LogP contribution in [0.1, 0.15) is 11.1 Å². The van der Waals surface area contributed by atoms with Crippen LogP contribution in [-0.2, 0) is 20.2 Å². The molecule has 4 heterocycles. The van der Waals surface area contributed by atoms with Crippen LogP contribution in [0.25, 0.3) is 22.0 Å². The zero-order valence-corrected chi connectivity index (χ0v) is 26.8. The summed E-state index contributed by atoms with van der Waals surface area (Å²) in [4.78, 5) is 12.6. The zero-order valence-electron chi connectivity index (χ0n) is 25.2. The molecule has 236 valence electrons. The summed E-state index contributed by atoms with van der Waals surface area (Å²) in [7, 11) is -5.81. The number of benzene rings is 3. The zero-order chi connectivity index (χ0) is 32.4. The number of H-pyrrole nitrogens is 1. The third kappa shape index (κ3) is 7.96. The molecule has 0 spiro atoms. The third-order valence-corrected chi connectivity index (χ3v) is 9.84. The molecule has 2 atom stereocenters. The molecule has 0 saturated carbocycles. The highest BCUT2D eigenvalue weighted by atomic mass is 32.2. The standard InChI is InChI=1S/C19H20N4.2C7H8O3S/c1-22-10-16-11-23(12-19(16)22)17-7-15(8-20-9-17)13-2-3-18-14(6-13)4-5-21-18;2*1-6-2-4-7(5-3-6)11(8,9)10/h2-9,16,19,21H,10-12H2,1H3;2*2-5H,1H3,(H,8,9,10)/t16-,19+;;/m1../s1. The van der Waals surface area contributed by atoms with E-state index in [9.17, 15) is 16.8 Å². The molecule has 2 saturated heterocycles. The first kappa shape index (κ1) is 32.3. The molecule has 0 unspecified atom stereocenters. The van der Waals surface area contributed by atoms with E-state index in [0.717, 1.165) is 36.2 Å². The second kappa shape index (κ2) is 13.1. The number of nitrogens with zero attached hydrogens (tertiary/aromatic N) is 3. The number of likely N-dealkylation sites (N-methyl/N-ethyl adjacent to an activating group) is 1. The average molecular weight is 649 g/mol. The van der Waals surface area contributed by atoms with E-state index >= 15 is 0 Å². The number of hydrogen-bond donors (Lipinski definition) is 3. The Bertz CT molecular complexity index is 1920. The monoisotopic (exact) mass is 648 g/mol. The van der Waals surface area contributed by atoms with Crippen molar-refractivity contribution in [3.8, 4) is 11.1 Å². The third-order valence-electron chi connectivity index (χ3n) is 8.11. The molecule has 2 aliphatic heterocycles. The normalized spacial score (nSPS) is 17.8. The number of likely N-dealkylation sites (tertiary alicyclic amines) is 1. The largest absolute Gasteiger partial charge is 0.368 e. The highest BCUT2D eigenvalue weighted by Gasteiger charge is 2.43. The number of aromatic nitrogens is 2. The van der Waals surface area contributed by atoms with Crippen molar-refractivity contribution in [2.24, 2.45) is 5.92 Å². The molecule has 12 heteroatoms. The van der Waals surface area contributed by atoms with Gasteiger partial charge in [0.1, 0.15) is 0 Å². The van der Waals surface area contributed by atoms with Crippen molar-refractivity contribution in [2.45, 2.75) is 29.7 Å². The summed E-state index contributed by atoms with van der Waals surface area (Å²) in [6.45, 7) is 7.21. The van der Waals surface area contributed by atoms with Gasteiger partial charge in [0.25, 0.3) is 20.2 Å². The fraction of sp³-hybridized carbons (Fsp3) is 0.242. The molecule has 7 rings (SSSR count). The van der Waals surface area contributed by atoms with E-state index in [2.05, 4.69) is 57.1 Å². The highest BCUT2D eigenvalue weighted by molar-refractivity contribution is 7.86. The molecule has 0 radical (unpaired) electrons. The van der Waals surface area contributed by atoms with Crippen LogP contribution in [0.4, 0.5) is 5.69 Å². The number of rotatable bonds is 4. The van der Waals surface area contributed by atoms with E-state index in [1.165, 1.54) is 58.5 Å². The quantitative estimate of drug-likeness (QED) is 0.216. The number of aromatic amines is 1. The first-order chi connectivity index (χ1) is 21.3. The van der Waals surface area contributed by atoms with Crippen molar-refractivity contribution in [2.75, 3.05) is 31.6 Å². The van der Waals surface area contributed by atoms with Crippen molar-refractivity contribution in [1.29, 1.82) is 0 Å². The summed E-state index contributed by atoms with van der Waals surface area (Å²) < 4.78 is 59.1. The number of pyridine rings is 1. The Hall–Kier alpha value is -4.07. The second-order valence-corrected chi connectivity index (χ2v) is 14.3. The Balaban J connectivity index is 0.000000153. The van der Waals surface area contributed by atoms with E-state index < -0.39 is 20.2 Å². The van der Waals surface area contributed by atoms with Crippen molar-refractivity contribution < 1.29 is 25.9 Å². The SMILES string of the molecule is CN1C[C@@H]2CN(c3cncc(-c4ccc5[nH]ccc5c4)c3)C[C@@H]21.Cc1ccc(S(=O)(=O)O)cc1.Cc1ccc(S(=O)(=O)O)cc1. The van der Waals surface area contributed by atoms with Crippen molar-refractivity contribution in [3.63, 3.8) is 0 Å². The summed E-state index contributed by atoms with van der Waals surface area (Å²) in [5, 5.41) is 1.24. The van der Waals surface area contributed by atoms with E-state index in [-0.39, 0.29) is 9.79 Å². The Kier molecular flexibility index (Phi) is 9.42. The molecular weight excluding hydrogens is 613 g/mol. The fourth-order valence-electron chi connectivity index (χ4n) is 5.52. The molecule has 0 amide bonds. The summed E-state index contributed by atoms with van der Waals surface area (Å²) in [6, 6.07) is 23.6. The summed E-state index contributed by atoms with van der Waals surface area (Å²) in [5.41, 5.74) is 6.76. The number of hydrogen-bond acceptors (Lipinski definition) is 7. The van der Waals surface area contributed by atoms with Crippen LogP contribution < -0.4 is 4.90 Å². The van der Waals surface area contributed by atoms with Gasteiger partial charge in [-0.05, 0) is 80.4 Å². The molecule has 2 aliphatic rings. The topological polar surface area (TPSA) is 144 Å². The van der Waals surface area contributed by atoms with Crippen LogP contribution in [0.3, 0.4) is 0 Å². The number of nitrogens with one attached hydrogen (secondary N) is 1. The van der Waals surface area contributed by atoms with Gasteiger partial charge in [-0.15, -0.1) is 0 Å². The van der Waals surface area contributed by atoms with Crippen LogP contribution in [0.5, 0.6) is 0 Å². The first-order valence-electron chi connectivity index (χ1n) is 14.3. The maximum atomic E-state index is 10.5. The van der Waals surface area contributed by atoms with Crippen molar-refractivity contribution in [3.05, 3.63) is 109 Å². The fourth-order valence-corrected chi connectivity index (χ4v) is 6.48. The van der Waals surface area contributed by atoms with Gasteiger partial charge in [0.2, 0.25) is 0 Å². The van der Waals surface area contributed by atoms with Gasteiger partial charge < -0.3 is 14.8 Å². The van der Waals surface area contributed by atoms with Gasteiger partial charge >= 0.3 is 0 Å². The molecule has 2 fully saturated rings. The molecule has 10 nitrogen and oxygen atoms in total. The van der Waals surface area contributed by atoms with Gasteiger partial charge in [-0.2, -0.15) is 16.8 Å². The molecule has 45 heavy (non-hydrogen) atoms. The number of fused-ring (bicyclic) bond motifs is 2. The minimum absolute atomic E-state index is 0.0666. The summed E-state index contributed by atoms with van der Waals surface area (Å²) >= 11 is 0. The van der Waals surface area contributed by atoms with E-state index in [1.54, 1.807) is 24.3 Å². The molecule has 0 aliphatic carbocycles. The number of aryl methyl sites for hydroxylation is 2. The van der Waals surface area contributed by atoms with Crippen LogP contribution in [0.15, 0.2) is 107 Å². The lowest BCUT2D eigenvalue weighted by Gasteiger charge is -2.40. The van der Waals surface area contributed by atoms with Crippen LogP contribution in [0, 0.1) is 19.8 Å². The first-order valence-corrected chi connectivity index (χ1v) is 17.2. The van der Waals surface area contributed by atoms with Crippen LogP contribution in [0.2, 0.25) is 0 Å². The molecule has 3 aromatic carbocycles. The van der Waals surface area contributed by atoms with Crippen LogP contribution >= 0.6 is 0 Å². The van der Waals surface area contributed by atoms with E-state index in [4.69, 9.17) is 9.11 Å². The Labute approximate surface area is 263 Å². The van der Waals surface area contributed by atoms with Gasteiger partial charge in [-0.1, -0.05) is 41.5 Å². The van der Waals surface area contributed by atoms with E-state index in [1.807, 2.05) is 32.4 Å². The van der Waals surface area contributed by atoms with Crippen molar-refractivity contribution in [1.82, 2.24) is 14.9 Å². The minimum atomic E-state index is -4.02. The second-order valence-electron chi connectivity index (χ2n) is 11.5. The lowest BCUT2D eigenvalue weighted by molar-refractivity contribution is 0.0827. The Morgan fingerprint density at radius 3 is 1.87 bits per heavy atom. The Morgan fingerprint density at radius 1 is 0.733 bits per heavy atom. The molecule has 0 bridgehead atoms. The Morgan fingerprint density at radius 2 is 1.33 bits per heavy atom. The molecular formula is C33H36N4O6S2. The predicted molar refractivity (Wildman–Crippen MR) is 176 cm³/mol. The lowest BCUT2D eigenvalue weighted by atomic mass is 9.93.